The number of nitrogens with zero attached hydrogens (tertiary/aromatic N) is 1. The number of fused-ring (bicyclic) bond motifs is 1. The third-order valence-electron chi connectivity index (χ3n) is 4.80. The van der Waals surface area contributed by atoms with Gasteiger partial charge in [0.2, 0.25) is 0 Å². The van der Waals surface area contributed by atoms with E-state index in [9.17, 15) is 13.2 Å². The van der Waals surface area contributed by atoms with E-state index in [0.29, 0.717) is 22.3 Å². The van der Waals surface area contributed by atoms with Gasteiger partial charge in [0.15, 0.2) is 21.1 Å². The Labute approximate surface area is 173 Å². The van der Waals surface area contributed by atoms with Gasteiger partial charge >= 0.3 is 0 Å². The molecule has 30 heavy (non-hydrogen) atoms. The van der Waals surface area contributed by atoms with Crippen molar-refractivity contribution in [3.63, 3.8) is 0 Å². The Hall–Kier alpha value is -3.65. The van der Waals surface area contributed by atoms with Crippen molar-refractivity contribution in [2.24, 2.45) is 0 Å². The zero-order chi connectivity index (χ0) is 21.5. The second-order valence-corrected chi connectivity index (χ2v) is 9.08. The maximum atomic E-state index is 12.8. The molecule has 0 radical (unpaired) electrons. The van der Waals surface area contributed by atoms with Crippen molar-refractivity contribution < 1.29 is 17.7 Å². The van der Waals surface area contributed by atoms with E-state index in [1.807, 2.05) is 13.0 Å². The number of nitrogen functional groups attached to an aromatic ring is 1. The van der Waals surface area contributed by atoms with Crippen LogP contribution in [0.15, 0.2) is 70.1 Å². The lowest BCUT2D eigenvalue weighted by Gasteiger charge is -2.08. The highest BCUT2D eigenvalue weighted by Gasteiger charge is 2.18. The molecule has 4 aromatic rings. The van der Waals surface area contributed by atoms with Gasteiger partial charge in [0.1, 0.15) is 0 Å². The van der Waals surface area contributed by atoms with Crippen LogP contribution >= 0.6 is 0 Å². The molecule has 0 spiro atoms. The van der Waals surface area contributed by atoms with Crippen molar-refractivity contribution in [1.82, 2.24) is 5.16 Å². The van der Waals surface area contributed by atoms with E-state index in [2.05, 4.69) is 10.5 Å². The number of aromatic nitrogens is 1. The van der Waals surface area contributed by atoms with Gasteiger partial charge in [-0.3, -0.25) is 4.79 Å². The van der Waals surface area contributed by atoms with Crippen LogP contribution < -0.4 is 11.1 Å². The summed E-state index contributed by atoms with van der Waals surface area (Å²) in [4.78, 5) is 13.0. The predicted octanol–water partition coefficient (Wildman–Crippen LogP) is 4.04. The summed E-state index contributed by atoms with van der Waals surface area (Å²) in [6, 6.07) is 17.1. The Morgan fingerprint density at radius 1 is 1.00 bits per heavy atom. The standard InChI is InChI=1S/C22H19N3O4S/c1-13-11-16(23)6-9-19(13)24-22(26)21-18-12-15(5-10-20(18)29-25-21)14-3-7-17(8-4-14)30(2,27)28/h3-12H,23H2,1-2H3,(H,24,26). The molecule has 0 bridgehead atoms. The van der Waals surface area contributed by atoms with Crippen LogP contribution in [0.25, 0.3) is 22.1 Å². The number of carbonyl (C=O) groups is 1. The van der Waals surface area contributed by atoms with Gasteiger partial charge in [-0.2, -0.15) is 0 Å². The number of benzene rings is 3. The first-order valence-electron chi connectivity index (χ1n) is 9.10. The Kier molecular flexibility index (Phi) is 4.79. The maximum absolute atomic E-state index is 12.8. The molecule has 0 saturated carbocycles. The highest BCUT2D eigenvalue weighted by atomic mass is 32.2. The molecule has 3 aromatic carbocycles. The highest BCUT2D eigenvalue weighted by Crippen LogP contribution is 2.28. The molecule has 0 unspecified atom stereocenters. The lowest BCUT2D eigenvalue weighted by molar-refractivity contribution is 0.102. The fourth-order valence-electron chi connectivity index (χ4n) is 3.19. The van der Waals surface area contributed by atoms with Crippen molar-refractivity contribution in [1.29, 1.82) is 0 Å². The van der Waals surface area contributed by atoms with Crippen LogP contribution in [0.3, 0.4) is 0 Å². The summed E-state index contributed by atoms with van der Waals surface area (Å²) in [7, 11) is -3.27. The molecule has 0 aliphatic carbocycles. The first-order chi connectivity index (χ1) is 14.2. The summed E-state index contributed by atoms with van der Waals surface area (Å²) in [5, 5.41) is 7.32. The number of amides is 1. The minimum Gasteiger partial charge on any atom is -0.399 e. The highest BCUT2D eigenvalue weighted by molar-refractivity contribution is 7.90. The molecular weight excluding hydrogens is 402 g/mol. The topological polar surface area (TPSA) is 115 Å². The van der Waals surface area contributed by atoms with Gasteiger partial charge in [-0.1, -0.05) is 23.4 Å². The molecule has 0 fully saturated rings. The van der Waals surface area contributed by atoms with Gasteiger partial charge in [0.25, 0.3) is 5.91 Å². The van der Waals surface area contributed by atoms with Gasteiger partial charge in [0, 0.05) is 17.6 Å². The number of anilines is 2. The van der Waals surface area contributed by atoms with E-state index in [4.69, 9.17) is 10.3 Å². The molecule has 0 aliphatic heterocycles. The second-order valence-electron chi connectivity index (χ2n) is 7.07. The van der Waals surface area contributed by atoms with Crippen LogP contribution in [0.5, 0.6) is 0 Å². The van der Waals surface area contributed by atoms with E-state index in [0.717, 1.165) is 16.7 Å². The van der Waals surface area contributed by atoms with Crippen LogP contribution in [-0.2, 0) is 9.84 Å². The molecule has 0 atom stereocenters. The second kappa shape index (κ2) is 7.31. The lowest BCUT2D eigenvalue weighted by atomic mass is 10.0. The van der Waals surface area contributed by atoms with Gasteiger partial charge in [-0.05, 0) is 66.1 Å². The molecule has 0 aliphatic rings. The molecule has 7 nitrogen and oxygen atoms in total. The smallest absolute Gasteiger partial charge is 0.278 e. The number of nitrogens with one attached hydrogen (secondary N) is 1. The summed E-state index contributed by atoms with van der Waals surface area (Å²) >= 11 is 0. The molecule has 8 heteroatoms. The number of hydrogen-bond acceptors (Lipinski definition) is 6. The summed E-state index contributed by atoms with van der Waals surface area (Å²) < 4.78 is 28.6. The number of carbonyl (C=O) groups excluding carboxylic acids is 1. The summed E-state index contributed by atoms with van der Waals surface area (Å²) in [5.41, 5.74) is 10.1. The van der Waals surface area contributed by atoms with Gasteiger partial charge in [-0.25, -0.2) is 8.42 Å². The maximum Gasteiger partial charge on any atom is 0.278 e. The van der Waals surface area contributed by atoms with Crippen molar-refractivity contribution in [2.45, 2.75) is 11.8 Å². The summed E-state index contributed by atoms with van der Waals surface area (Å²) in [6.45, 7) is 1.85. The minimum atomic E-state index is -3.27. The summed E-state index contributed by atoms with van der Waals surface area (Å²) in [5.74, 6) is -0.397. The van der Waals surface area contributed by atoms with Crippen molar-refractivity contribution in [2.75, 3.05) is 17.3 Å². The van der Waals surface area contributed by atoms with E-state index in [1.54, 1.807) is 54.6 Å². The van der Waals surface area contributed by atoms with Crippen molar-refractivity contribution >= 4 is 38.1 Å². The van der Waals surface area contributed by atoms with E-state index < -0.39 is 15.7 Å². The van der Waals surface area contributed by atoms with E-state index in [-0.39, 0.29) is 10.6 Å². The third-order valence-corrected chi connectivity index (χ3v) is 5.93. The number of rotatable bonds is 4. The number of nitrogens with two attached hydrogens (primary N) is 1. The van der Waals surface area contributed by atoms with Crippen molar-refractivity contribution in [3.8, 4) is 11.1 Å². The molecule has 1 amide bonds. The van der Waals surface area contributed by atoms with Gasteiger partial charge < -0.3 is 15.6 Å². The number of aryl methyl sites for hydroxylation is 1. The quantitative estimate of drug-likeness (QED) is 0.481. The molecule has 3 N–H and O–H groups in total. The monoisotopic (exact) mass is 421 g/mol. The van der Waals surface area contributed by atoms with Crippen LogP contribution in [0.4, 0.5) is 11.4 Å². The van der Waals surface area contributed by atoms with Crippen LogP contribution in [0.2, 0.25) is 0 Å². The third kappa shape index (κ3) is 3.77. The predicted molar refractivity (Wildman–Crippen MR) is 116 cm³/mol. The molecule has 1 heterocycles. The largest absolute Gasteiger partial charge is 0.399 e. The Bertz CT molecular complexity index is 1370. The summed E-state index contributed by atoms with van der Waals surface area (Å²) in [6.07, 6.45) is 1.17. The Morgan fingerprint density at radius 3 is 2.37 bits per heavy atom. The van der Waals surface area contributed by atoms with Gasteiger partial charge in [0.05, 0.1) is 10.3 Å². The molecular formula is C22H19N3O4S. The number of sulfone groups is 1. The lowest BCUT2D eigenvalue weighted by Crippen LogP contribution is -2.13. The van der Waals surface area contributed by atoms with Crippen molar-refractivity contribution in [3.05, 3.63) is 71.9 Å². The molecule has 4 rings (SSSR count). The SMILES string of the molecule is Cc1cc(N)ccc1NC(=O)c1noc2ccc(-c3ccc(S(C)(=O)=O)cc3)cc12. The molecule has 152 valence electrons. The van der Waals surface area contributed by atoms with Crippen LogP contribution in [-0.4, -0.2) is 25.7 Å². The normalized spacial score (nSPS) is 11.5. The number of hydrogen-bond donors (Lipinski definition) is 2. The fourth-order valence-corrected chi connectivity index (χ4v) is 3.82. The van der Waals surface area contributed by atoms with Crippen LogP contribution in [0.1, 0.15) is 16.1 Å². The fraction of sp³-hybridized carbons (Fsp3) is 0.0909. The first kappa shape index (κ1) is 19.7. The van der Waals surface area contributed by atoms with Gasteiger partial charge in [-0.15, -0.1) is 0 Å². The zero-order valence-electron chi connectivity index (χ0n) is 16.3. The van der Waals surface area contributed by atoms with Crippen LogP contribution in [0, 0.1) is 6.92 Å². The van der Waals surface area contributed by atoms with E-state index in [1.165, 1.54) is 6.26 Å². The molecule has 1 aromatic heterocycles. The average Bonchev–Trinajstić information content (AvgIpc) is 3.13. The Morgan fingerprint density at radius 2 is 1.70 bits per heavy atom. The van der Waals surface area contributed by atoms with E-state index >= 15 is 0 Å². The average molecular weight is 421 g/mol. The molecule has 0 saturated heterocycles. The first-order valence-corrected chi connectivity index (χ1v) is 11.0. The zero-order valence-corrected chi connectivity index (χ0v) is 17.2. The minimum absolute atomic E-state index is 0.163. The Balaban J connectivity index is 1.68.